The molecule has 7 heteroatoms. The maximum atomic E-state index is 12.4. The Balaban J connectivity index is 1.57. The predicted molar refractivity (Wildman–Crippen MR) is 109 cm³/mol. The summed E-state index contributed by atoms with van der Waals surface area (Å²) in [7, 11) is 0. The number of nitrogens with one attached hydrogen (secondary N) is 1. The summed E-state index contributed by atoms with van der Waals surface area (Å²) >= 11 is 7.42. The number of carbonyl (C=O) groups excluding carboxylic acids is 2. The summed E-state index contributed by atoms with van der Waals surface area (Å²) in [6, 6.07) is 12.9. The topological polar surface area (TPSA) is 62.3 Å². The van der Waals surface area contributed by atoms with Crippen LogP contribution in [0.4, 0.5) is 10.8 Å². The fourth-order valence-electron chi connectivity index (χ4n) is 3.14. The molecule has 2 heterocycles. The Morgan fingerprint density at radius 1 is 1.22 bits per heavy atom. The third-order valence-corrected chi connectivity index (χ3v) is 5.59. The van der Waals surface area contributed by atoms with Gasteiger partial charge in [0.2, 0.25) is 5.91 Å². The van der Waals surface area contributed by atoms with Crippen LogP contribution in [0.5, 0.6) is 0 Å². The summed E-state index contributed by atoms with van der Waals surface area (Å²) in [5.41, 5.74) is 4.18. The minimum Gasteiger partial charge on any atom is -0.312 e. The molecule has 0 fully saturated rings. The van der Waals surface area contributed by atoms with Gasteiger partial charge in [-0.15, -0.1) is 11.3 Å². The van der Waals surface area contributed by atoms with Gasteiger partial charge in [-0.1, -0.05) is 35.9 Å². The molecule has 0 saturated carbocycles. The van der Waals surface area contributed by atoms with Gasteiger partial charge in [-0.25, -0.2) is 4.98 Å². The van der Waals surface area contributed by atoms with Crippen LogP contribution in [-0.4, -0.2) is 23.3 Å². The number of hydrogen-bond donors (Lipinski definition) is 1. The molecule has 0 saturated heterocycles. The Kier molecular flexibility index (Phi) is 4.68. The Hall–Kier alpha value is -2.70. The van der Waals surface area contributed by atoms with Crippen LogP contribution in [0.2, 0.25) is 5.02 Å². The van der Waals surface area contributed by atoms with E-state index in [1.54, 1.807) is 36.1 Å². The first kappa shape index (κ1) is 17.7. The van der Waals surface area contributed by atoms with Crippen LogP contribution >= 0.6 is 22.9 Å². The average Bonchev–Trinajstić information content (AvgIpc) is 3.28. The quantitative estimate of drug-likeness (QED) is 0.701. The predicted octanol–water partition coefficient (Wildman–Crippen LogP) is 4.62. The minimum absolute atomic E-state index is 0.0388. The Morgan fingerprint density at radius 2 is 2.04 bits per heavy atom. The molecule has 0 radical (unpaired) electrons. The molecular weight excluding hydrogens is 382 g/mol. The fraction of sp³-hybridized carbons (Fsp3) is 0.150. The van der Waals surface area contributed by atoms with Gasteiger partial charge in [0.15, 0.2) is 5.13 Å². The van der Waals surface area contributed by atoms with E-state index in [0.29, 0.717) is 22.3 Å². The highest BCUT2D eigenvalue weighted by Crippen LogP contribution is 2.34. The average molecular weight is 398 g/mol. The summed E-state index contributed by atoms with van der Waals surface area (Å²) < 4.78 is 0. The van der Waals surface area contributed by atoms with Gasteiger partial charge < -0.3 is 4.90 Å². The monoisotopic (exact) mass is 397 g/mol. The molecule has 0 atom stereocenters. The number of thiazole rings is 1. The van der Waals surface area contributed by atoms with Crippen LogP contribution in [0.3, 0.4) is 0 Å². The molecule has 1 N–H and O–H groups in total. The Bertz CT molecular complexity index is 1050. The lowest BCUT2D eigenvalue weighted by atomic mass is 10.1. The molecule has 0 spiro atoms. The van der Waals surface area contributed by atoms with Crippen LogP contribution in [0.15, 0.2) is 47.8 Å². The lowest BCUT2D eigenvalue weighted by Crippen LogP contribution is -2.25. The van der Waals surface area contributed by atoms with Gasteiger partial charge in [0, 0.05) is 30.1 Å². The third kappa shape index (κ3) is 3.46. The largest absolute Gasteiger partial charge is 0.312 e. The van der Waals surface area contributed by atoms with Gasteiger partial charge >= 0.3 is 0 Å². The number of fused-ring (bicyclic) bond motifs is 1. The zero-order valence-electron chi connectivity index (χ0n) is 14.5. The highest BCUT2D eigenvalue weighted by Gasteiger charge is 2.23. The maximum absolute atomic E-state index is 12.4. The number of hydrogen-bond acceptors (Lipinski definition) is 4. The standard InChI is InChI=1S/C20H16ClN3O2S/c1-12(25)24-9-8-13-6-7-14(10-18(13)24)17-11-27-20(22-17)23-19(26)15-4-2-3-5-16(15)21/h2-7,10-11H,8-9H2,1H3,(H,22,23,26). The molecule has 1 aliphatic heterocycles. The highest BCUT2D eigenvalue weighted by molar-refractivity contribution is 7.14. The smallest absolute Gasteiger partial charge is 0.258 e. The van der Waals surface area contributed by atoms with Gasteiger partial charge in [-0.05, 0) is 30.2 Å². The van der Waals surface area contributed by atoms with Crippen molar-refractivity contribution in [3.05, 3.63) is 64.0 Å². The van der Waals surface area contributed by atoms with Crippen LogP contribution in [0.25, 0.3) is 11.3 Å². The summed E-state index contributed by atoms with van der Waals surface area (Å²) in [6.45, 7) is 2.29. The zero-order valence-corrected chi connectivity index (χ0v) is 16.1. The molecule has 5 nitrogen and oxygen atoms in total. The molecule has 136 valence electrons. The molecular formula is C20H16ClN3O2S. The van der Waals surface area contributed by atoms with E-state index in [9.17, 15) is 9.59 Å². The van der Waals surface area contributed by atoms with E-state index in [1.165, 1.54) is 11.3 Å². The number of nitrogens with zero attached hydrogens (tertiary/aromatic N) is 2. The van der Waals surface area contributed by atoms with Gasteiger partial charge in [0.1, 0.15) is 0 Å². The van der Waals surface area contributed by atoms with E-state index in [2.05, 4.69) is 10.3 Å². The first-order valence-corrected chi connectivity index (χ1v) is 9.71. The molecule has 1 aliphatic rings. The van der Waals surface area contributed by atoms with Crippen molar-refractivity contribution in [1.82, 2.24) is 4.98 Å². The number of aromatic nitrogens is 1. The van der Waals surface area contributed by atoms with Gasteiger partial charge in [0.05, 0.1) is 16.3 Å². The van der Waals surface area contributed by atoms with E-state index < -0.39 is 0 Å². The summed E-state index contributed by atoms with van der Waals surface area (Å²) in [4.78, 5) is 30.5. The molecule has 27 heavy (non-hydrogen) atoms. The number of rotatable bonds is 3. The number of amides is 2. The van der Waals surface area contributed by atoms with E-state index >= 15 is 0 Å². The molecule has 2 aromatic carbocycles. The van der Waals surface area contributed by atoms with Crippen molar-refractivity contribution in [2.24, 2.45) is 0 Å². The second-order valence-electron chi connectivity index (χ2n) is 6.24. The van der Waals surface area contributed by atoms with Crippen molar-refractivity contribution in [3.63, 3.8) is 0 Å². The summed E-state index contributed by atoms with van der Waals surface area (Å²) in [5.74, 6) is -0.255. The maximum Gasteiger partial charge on any atom is 0.258 e. The first-order chi connectivity index (χ1) is 13.0. The van der Waals surface area contributed by atoms with Crippen molar-refractivity contribution < 1.29 is 9.59 Å². The third-order valence-electron chi connectivity index (χ3n) is 4.50. The van der Waals surface area contributed by atoms with Crippen molar-refractivity contribution in [3.8, 4) is 11.3 Å². The Morgan fingerprint density at radius 3 is 2.81 bits per heavy atom. The number of carbonyl (C=O) groups is 2. The summed E-state index contributed by atoms with van der Waals surface area (Å²) in [6.07, 6.45) is 0.866. The van der Waals surface area contributed by atoms with Gasteiger partial charge in [0.25, 0.3) is 5.91 Å². The van der Waals surface area contributed by atoms with Crippen molar-refractivity contribution in [1.29, 1.82) is 0 Å². The zero-order chi connectivity index (χ0) is 19.0. The number of anilines is 2. The first-order valence-electron chi connectivity index (χ1n) is 8.46. The van der Waals surface area contributed by atoms with Crippen LogP contribution in [-0.2, 0) is 11.2 Å². The molecule has 0 bridgehead atoms. The molecule has 3 aromatic rings. The summed E-state index contributed by atoms with van der Waals surface area (Å²) in [5, 5.41) is 5.57. The van der Waals surface area contributed by atoms with Gasteiger partial charge in [-0.3, -0.25) is 14.9 Å². The van der Waals surface area contributed by atoms with Gasteiger partial charge in [-0.2, -0.15) is 0 Å². The molecule has 2 amide bonds. The molecule has 0 unspecified atom stereocenters. The Labute approximate surface area is 165 Å². The lowest BCUT2D eigenvalue weighted by Gasteiger charge is -2.15. The van der Waals surface area contributed by atoms with Crippen LogP contribution in [0, 0.1) is 0 Å². The van der Waals surface area contributed by atoms with E-state index in [1.807, 2.05) is 23.6 Å². The number of halogens is 1. The fourth-order valence-corrected chi connectivity index (χ4v) is 4.08. The lowest BCUT2D eigenvalue weighted by molar-refractivity contribution is -0.116. The van der Waals surface area contributed by atoms with Crippen molar-refractivity contribution in [2.45, 2.75) is 13.3 Å². The van der Waals surface area contributed by atoms with E-state index in [0.717, 1.165) is 28.9 Å². The van der Waals surface area contributed by atoms with E-state index in [4.69, 9.17) is 11.6 Å². The SMILES string of the molecule is CC(=O)N1CCc2ccc(-c3csc(NC(=O)c4ccccc4Cl)n3)cc21. The van der Waals surface area contributed by atoms with Crippen LogP contribution < -0.4 is 10.2 Å². The second kappa shape index (κ2) is 7.13. The normalized spacial score (nSPS) is 12.7. The molecule has 1 aromatic heterocycles. The second-order valence-corrected chi connectivity index (χ2v) is 7.50. The molecule has 4 rings (SSSR count). The van der Waals surface area contributed by atoms with Crippen LogP contribution in [0.1, 0.15) is 22.8 Å². The number of benzene rings is 2. The minimum atomic E-state index is -0.293. The van der Waals surface area contributed by atoms with Crippen molar-refractivity contribution >= 4 is 45.6 Å². The van der Waals surface area contributed by atoms with Crippen molar-refractivity contribution in [2.75, 3.05) is 16.8 Å². The highest BCUT2D eigenvalue weighted by atomic mass is 35.5. The van der Waals surface area contributed by atoms with E-state index in [-0.39, 0.29) is 11.8 Å². The molecule has 0 aliphatic carbocycles.